The summed E-state index contributed by atoms with van der Waals surface area (Å²) in [4.78, 5) is 4.79. The van der Waals surface area contributed by atoms with E-state index >= 15 is 0 Å². The molecule has 2 rings (SSSR count). The molecule has 4 heteroatoms. The van der Waals surface area contributed by atoms with Crippen molar-refractivity contribution >= 4 is 0 Å². The van der Waals surface area contributed by atoms with Gasteiger partial charge in [0.25, 0.3) is 0 Å². The van der Waals surface area contributed by atoms with E-state index in [0.717, 1.165) is 25.2 Å². The van der Waals surface area contributed by atoms with Crippen molar-refractivity contribution < 1.29 is 9.84 Å². The molecule has 0 saturated carbocycles. The van der Waals surface area contributed by atoms with Gasteiger partial charge in [-0.1, -0.05) is 6.07 Å². The number of hydrogen-bond acceptors (Lipinski definition) is 4. The Morgan fingerprint density at radius 1 is 1.37 bits per heavy atom. The molecule has 0 spiro atoms. The van der Waals surface area contributed by atoms with E-state index < -0.39 is 0 Å². The number of ether oxygens (including phenoxy) is 1. The van der Waals surface area contributed by atoms with Gasteiger partial charge in [0.2, 0.25) is 0 Å². The summed E-state index contributed by atoms with van der Waals surface area (Å²) in [6, 6.07) is 6.27. The Balaban J connectivity index is 2.17. The molecule has 19 heavy (non-hydrogen) atoms. The van der Waals surface area contributed by atoms with Crippen LogP contribution in [0, 0.1) is 0 Å². The quantitative estimate of drug-likeness (QED) is 0.907. The number of nitrogens with zero attached hydrogens (tertiary/aromatic N) is 2. The van der Waals surface area contributed by atoms with Gasteiger partial charge in [-0.15, -0.1) is 0 Å². The van der Waals surface area contributed by atoms with E-state index in [1.54, 1.807) is 13.2 Å². The Labute approximate surface area is 115 Å². The Morgan fingerprint density at radius 3 is 2.68 bits per heavy atom. The van der Waals surface area contributed by atoms with Crippen molar-refractivity contribution in [1.29, 1.82) is 0 Å². The maximum atomic E-state index is 10.1. The molecule has 0 radical (unpaired) electrons. The molecule has 1 N–H and O–H groups in total. The van der Waals surface area contributed by atoms with Crippen molar-refractivity contribution in [2.45, 2.75) is 25.9 Å². The van der Waals surface area contributed by atoms with Gasteiger partial charge >= 0.3 is 0 Å². The van der Waals surface area contributed by atoms with Crippen LogP contribution in [0.5, 0.6) is 11.5 Å². The van der Waals surface area contributed by atoms with Gasteiger partial charge in [0.15, 0.2) is 0 Å². The smallest absolute Gasteiger partial charge is 0.124 e. The minimum atomic E-state index is 0.217. The highest BCUT2D eigenvalue weighted by atomic mass is 16.5. The van der Waals surface area contributed by atoms with Gasteiger partial charge in [-0.2, -0.15) is 0 Å². The number of phenolic OH excluding ortho intramolecular Hbond substituents is 1. The fourth-order valence-electron chi connectivity index (χ4n) is 2.91. The number of likely N-dealkylation sites (N-methyl/N-ethyl adjacent to an activating group) is 1. The second-order valence-corrected chi connectivity index (χ2v) is 5.45. The minimum Gasteiger partial charge on any atom is -0.507 e. The lowest BCUT2D eigenvalue weighted by Crippen LogP contribution is -2.51. The predicted molar refractivity (Wildman–Crippen MR) is 76.7 cm³/mol. The van der Waals surface area contributed by atoms with E-state index in [4.69, 9.17) is 4.74 Å². The number of piperazine rings is 1. The normalized spacial score (nSPS) is 23.3. The largest absolute Gasteiger partial charge is 0.507 e. The fourth-order valence-corrected chi connectivity index (χ4v) is 2.91. The lowest BCUT2D eigenvalue weighted by atomic mass is 10.0. The molecular formula is C15H24N2O2. The van der Waals surface area contributed by atoms with E-state index in [-0.39, 0.29) is 6.04 Å². The molecular weight excluding hydrogens is 240 g/mol. The zero-order chi connectivity index (χ0) is 14.0. The van der Waals surface area contributed by atoms with E-state index in [2.05, 4.69) is 30.7 Å². The molecule has 1 heterocycles. The van der Waals surface area contributed by atoms with E-state index in [1.807, 2.05) is 12.1 Å². The molecule has 4 nitrogen and oxygen atoms in total. The fraction of sp³-hybridized carbons (Fsp3) is 0.600. The van der Waals surface area contributed by atoms with Crippen LogP contribution in [0.3, 0.4) is 0 Å². The van der Waals surface area contributed by atoms with Crippen LogP contribution in [-0.2, 0) is 0 Å². The number of rotatable bonds is 3. The third-order valence-electron chi connectivity index (χ3n) is 4.07. The molecule has 0 aromatic heterocycles. The summed E-state index contributed by atoms with van der Waals surface area (Å²) in [5, 5.41) is 10.1. The van der Waals surface area contributed by atoms with Gasteiger partial charge in [-0.3, -0.25) is 4.90 Å². The SMILES string of the molecule is COc1ccc(C(C)N2CCN(C)CC2C)c(O)c1. The van der Waals surface area contributed by atoms with Gasteiger partial charge in [0.1, 0.15) is 11.5 Å². The standard InChI is InChI=1S/C15H24N2O2/c1-11-10-16(3)7-8-17(11)12(2)14-6-5-13(19-4)9-15(14)18/h5-6,9,11-12,18H,7-8,10H2,1-4H3. The van der Waals surface area contributed by atoms with Gasteiger partial charge < -0.3 is 14.7 Å². The summed E-state index contributed by atoms with van der Waals surface area (Å²) >= 11 is 0. The lowest BCUT2D eigenvalue weighted by Gasteiger charge is -2.42. The first-order valence-corrected chi connectivity index (χ1v) is 6.84. The van der Waals surface area contributed by atoms with Gasteiger partial charge in [-0.25, -0.2) is 0 Å². The Kier molecular flexibility index (Phi) is 4.32. The highest BCUT2D eigenvalue weighted by molar-refractivity contribution is 5.41. The van der Waals surface area contributed by atoms with Crippen molar-refractivity contribution in [2.24, 2.45) is 0 Å². The maximum absolute atomic E-state index is 10.1. The monoisotopic (exact) mass is 264 g/mol. The number of benzene rings is 1. The molecule has 1 fully saturated rings. The summed E-state index contributed by atoms with van der Waals surface area (Å²) in [6.07, 6.45) is 0. The molecule has 1 aromatic rings. The zero-order valence-corrected chi connectivity index (χ0v) is 12.3. The molecule has 1 aromatic carbocycles. The molecule has 1 saturated heterocycles. The summed E-state index contributed by atoms with van der Waals surface area (Å²) in [7, 11) is 3.77. The summed E-state index contributed by atoms with van der Waals surface area (Å²) < 4.78 is 5.13. The first-order chi connectivity index (χ1) is 9.02. The van der Waals surface area contributed by atoms with Crippen LogP contribution >= 0.6 is 0 Å². The summed E-state index contributed by atoms with van der Waals surface area (Å²) in [5.74, 6) is 1.01. The van der Waals surface area contributed by atoms with Crippen LogP contribution < -0.4 is 4.74 Å². The van der Waals surface area contributed by atoms with Crippen molar-refractivity contribution in [1.82, 2.24) is 9.80 Å². The Hall–Kier alpha value is -1.26. The predicted octanol–water partition coefficient (Wildman–Crippen LogP) is 2.10. The number of aromatic hydroxyl groups is 1. The first-order valence-electron chi connectivity index (χ1n) is 6.84. The third-order valence-corrected chi connectivity index (χ3v) is 4.07. The summed E-state index contributed by atoms with van der Waals surface area (Å²) in [5.41, 5.74) is 0.970. The van der Waals surface area contributed by atoms with Crippen molar-refractivity contribution in [3.8, 4) is 11.5 Å². The molecule has 0 aliphatic carbocycles. The second-order valence-electron chi connectivity index (χ2n) is 5.45. The average molecular weight is 264 g/mol. The van der Waals surface area contributed by atoms with E-state index in [9.17, 15) is 5.11 Å². The molecule has 2 atom stereocenters. The number of phenols is 1. The Bertz CT molecular complexity index is 436. The Morgan fingerprint density at radius 2 is 2.11 bits per heavy atom. The van der Waals surface area contributed by atoms with Crippen LogP contribution in [0.1, 0.15) is 25.5 Å². The lowest BCUT2D eigenvalue weighted by molar-refractivity contribution is 0.0664. The highest BCUT2D eigenvalue weighted by Gasteiger charge is 2.27. The molecule has 2 unspecified atom stereocenters. The number of methoxy groups -OCH3 is 1. The van der Waals surface area contributed by atoms with Crippen LogP contribution in [0.4, 0.5) is 0 Å². The zero-order valence-electron chi connectivity index (χ0n) is 12.3. The van der Waals surface area contributed by atoms with Crippen molar-refractivity contribution in [3.63, 3.8) is 0 Å². The first kappa shape index (κ1) is 14.2. The number of hydrogen-bond donors (Lipinski definition) is 1. The van der Waals surface area contributed by atoms with E-state index in [0.29, 0.717) is 17.5 Å². The van der Waals surface area contributed by atoms with Crippen LogP contribution in [0.15, 0.2) is 18.2 Å². The molecule has 1 aliphatic heterocycles. The van der Waals surface area contributed by atoms with Gasteiger partial charge in [0.05, 0.1) is 7.11 Å². The van der Waals surface area contributed by atoms with Crippen LogP contribution in [0.2, 0.25) is 0 Å². The molecule has 0 amide bonds. The second kappa shape index (κ2) is 5.80. The van der Waals surface area contributed by atoms with Crippen LogP contribution in [-0.4, -0.2) is 54.7 Å². The molecule has 1 aliphatic rings. The van der Waals surface area contributed by atoms with Gasteiger partial charge in [0, 0.05) is 43.3 Å². The molecule has 106 valence electrons. The van der Waals surface area contributed by atoms with Crippen LogP contribution in [0.25, 0.3) is 0 Å². The van der Waals surface area contributed by atoms with Gasteiger partial charge in [-0.05, 0) is 27.0 Å². The van der Waals surface area contributed by atoms with Crippen molar-refractivity contribution in [3.05, 3.63) is 23.8 Å². The minimum absolute atomic E-state index is 0.217. The third kappa shape index (κ3) is 3.01. The van der Waals surface area contributed by atoms with E-state index in [1.165, 1.54) is 0 Å². The topological polar surface area (TPSA) is 35.9 Å². The van der Waals surface area contributed by atoms with Crippen molar-refractivity contribution in [2.75, 3.05) is 33.8 Å². The average Bonchev–Trinajstić information content (AvgIpc) is 2.37. The molecule has 0 bridgehead atoms. The highest BCUT2D eigenvalue weighted by Crippen LogP contribution is 2.33. The summed E-state index contributed by atoms with van der Waals surface area (Å²) in [6.45, 7) is 7.58. The maximum Gasteiger partial charge on any atom is 0.124 e.